The van der Waals surface area contributed by atoms with E-state index in [2.05, 4.69) is 34.1 Å². The van der Waals surface area contributed by atoms with Crippen molar-refractivity contribution < 1.29 is 19.6 Å². The molecule has 186 valence electrons. The highest BCUT2D eigenvalue weighted by Crippen LogP contribution is 2.20. The Bertz CT molecular complexity index is 877. The first-order chi connectivity index (χ1) is 16.5. The minimum Gasteiger partial charge on any atom is -0.370 e. The van der Waals surface area contributed by atoms with Gasteiger partial charge in [0.25, 0.3) is 0 Å². The number of unbranched alkanes of at least 4 members (excludes halogenated alkanes) is 2. The molecule has 0 fully saturated rings. The molecule has 0 radical (unpaired) electrons. The number of rotatable bonds is 13. The fourth-order valence-electron chi connectivity index (χ4n) is 4.19. The summed E-state index contributed by atoms with van der Waals surface area (Å²) in [6.45, 7) is 3.48. The van der Waals surface area contributed by atoms with Gasteiger partial charge in [0.15, 0.2) is 0 Å². The molecule has 3 heterocycles. The fraction of sp³-hybridized carbons (Fsp3) is 0.583. The summed E-state index contributed by atoms with van der Waals surface area (Å²) in [6, 6.07) is 3.81. The Hall–Kier alpha value is -2.98. The third-order valence-electron chi connectivity index (χ3n) is 6.21. The summed E-state index contributed by atoms with van der Waals surface area (Å²) in [5.41, 5.74) is 7.74. The summed E-state index contributed by atoms with van der Waals surface area (Å²) >= 11 is 0. The molecule has 2 aliphatic rings. The number of fused-ring (bicyclic) bond motifs is 1. The lowest BCUT2D eigenvalue weighted by atomic mass is 10.0. The van der Waals surface area contributed by atoms with E-state index in [1.165, 1.54) is 5.56 Å². The van der Waals surface area contributed by atoms with E-state index in [1.54, 1.807) is 11.1 Å². The van der Waals surface area contributed by atoms with E-state index in [0.717, 1.165) is 50.2 Å². The normalized spacial score (nSPS) is 18.1. The molecule has 1 aromatic rings. The molecule has 1 aromatic heterocycles. The highest BCUT2D eigenvalue weighted by Gasteiger charge is 2.24. The highest BCUT2D eigenvalue weighted by molar-refractivity contribution is 5.80. The van der Waals surface area contributed by atoms with Gasteiger partial charge in [-0.2, -0.15) is 0 Å². The van der Waals surface area contributed by atoms with Crippen molar-refractivity contribution in [1.82, 2.24) is 25.8 Å². The van der Waals surface area contributed by atoms with Crippen molar-refractivity contribution in [1.29, 1.82) is 0 Å². The lowest BCUT2D eigenvalue weighted by Gasteiger charge is -2.27. The average molecular weight is 473 g/mol. The van der Waals surface area contributed by atoms with E-state index < -0.39 is 5.92 Å². The molecule has 4 N–H and O–H groups in total. The van der Waals surface area contributed by atoms with Gasteiger partial charge in [-0.1, -0.05) is 32.3 Å². The first-order valence-corrected chi connectivity index (χ1v) is 12.2. The van der Waals surface area contributed by atoms with E-state index in [4.69, 9.17) is 0 Å². The number of hydrogen-bond donors (Lipinski definition) is 4. The van der Waals surface area contributed by atoms with Crippen molar-refractivity contribution in [3.63, 3.8) is 0 Å². The van der Waals surface area contributed by atoms with Crippen molar-refractivity contribution in [2.45, 2.75) is 64.3 Å². The summed E-state index contributed by atoms with van der Waals surface area (Å²) in [5, 5.41) is 13.3. The van der Waals surface area contributed by atoms with Crippen molar-refractivity contribution in [2.24, 2.45) is 5.92 Å². The second-order valence-electron chi connectivity index (χ2n) is 8.88. The molecule has 0 aliphatic carbocycles. The monoisotopic (exact) mass is 472 g/mol. The molecule has 0 spiro atoms. The Morgan fingerprint density at radius 3 is 3.03 bits per heavy atom. The Balaban J connectivity index is 1.46. The Morgan fingerprint density at radius 2 is 2.26 bits per heavy atom. The quantitative estimate of drug-likeness (QED) is 0.149. The maximum Gasteiger partial charge on any atom is 0.239 e. The number of aromatic nitrogens is 1. The predicted molar refractivity (Wildman–Crippen MR) is 127 cm³/mol. The summed E-state index contributed by atoms with van der Waals surface area (Å²) in [4.78, 5) is 42.3. The number of aryl methyl sites for hydroxylation is 1. The Morgan fingerprint density at radius 1 is 1.41 bits per heavy atom. The maximum absolute atomic E-state index is 12.6. The molecule has 2 aliphatic heterocycles. The van der Waals surface area contributed by atoms with Crippen LogP contribution in [0.1, 0.15) is 56.7 Å². The van der Waals surface area contributed by atoms with E-state index in [1.807, 2.05) is 12.1 Å². The molecule has 10 heteroatoms. The number of carbonyl (C=O) groups excluding carboxylic acids is 3. The van der Waals surface area contributed by atoms with Crippen LogP contribution < -0.4 is 16.2 Å². The third kappa shape index (κ3) is 7.53. The molecular weight excluding hydrogens is 436 g/mol. The lowest BCUT2D eigenvalue weighted by Crippen LogP contribution is -2.50. The number of hydroxylamine groups is 2. The highest BCUT2D eigenvalue weighted by atomic mass is 16.5. The van der Waals surface area contributed by atoms with Gasteiger partial charge in [-0.25, -0.2) is 15.5 Å². The molecule has 0 saturated carbocycles. The first-order valence-electron chi connectivity index (χ1n) is 12.2. The van der Waals surface area contributed by atoms with Crippen LogP contribution in [0.2, 0.25) is 0 Å². The van der Waals surface area contributed by atoms with E-state index >= 15 is 0 Å². The zero-order chi connectivity index (χ0) is 24.3. The Labute approximate surface area is 200 Å². The molecule has 0 bridgehead atoms. The van der Waals surface area contributed by atoms with Gasteiger partial charge in [0.2, 0.25) is 18.2 Å². The minimum atomic E-state index is -0.535. The van der Waals surface area contributed by atoms with Crippen LogP contribution in [0, 0.1) is 5.92 Å². The van der Waals surface area contributed by atoms with Crippen LogP contribution in [0.15, 0.2) is 24.4 Å². The SMILES string of the molecule is CCCCC[C@H](CN(O)C=O)C(=O)NNC1C=CN(CCc2ccc3c(n2)NCCC3)C(=O)C1. The zero-order valence-corrected chi connectivity index (χ0v) is 19.8. The number of pyridine rings is 1. The fourth-order valence-corrected chi connectivity index (χ4v) is 4.19. The van der Waals surface area contributed by atoms with Crippen molar-refractivity contribution >= 4 is 24.0 Å². The first kappa shape index (κ1) is 25.6. The number of carbonyl (C=O) groups is 3. The number of hydrogen-bond acceptors (Lipinski definition) is 7. The number of hydrazine groups is 1. The van der Waals surface area contributed by atoms with Gasteiger partial charge in [-0.05, 0) is 37.0 Å². The average Bonchev–Trinajstić information content (AvgIpc) is 2.86. The smallest absolute Gasteiger partial charge is 0.239 e. The number of amides is 3. The topological polar surface area (TPSA) is 127 Å². The van der Waals surface area contributed by atoms with Gasteiger partial charge in [0, 0.05) is 37.8 Å². The summed E-state index contributed by atoms with van der Waals surface area (Å²) < 4.78 is 0. The molecule has 1 unspecified atom stereocenters. The van der Waals surface area contributed by atoms with Crippen molar-refractivity contribution in [3.05, 3.63) is 35.7 Å². The number of nitrogens with one attached hydrogen (secondary N) is 3. The minimum absolute atomic E-state index is 0.0349. The van der Waals surface area contributed by atoms with Gasteiger partial charge < -0.3 is 10.2 Å². The van der Waals surface area contributed by atoms with Gasteiger partial charge in [0.05, 0.1) is 18.5 Å². The van der Waals surface area contributed by atoms with Crippen LogP contribution in [0.25, 0.3) is 0 Å². The summed E-state index contributed by atoms with van der Waals surface area (Å²) in [7, 11) is 0. The van der Waals surface area contributed by atoms with Gasteiger partial charge in [-0.3, -0.25) is 25.0 Å². The molecular formula is C24H36N6O4. The van der Waals surface area contributed by atoms with Gasteiger partial charge >= 0.3 is 0 Å². The van der Waals surface area contributed by atoms with Crippen LogP contribution >= 0.6 is 0 Å². The maximum atomic E-state index is 12.6. The van der Waals surface area contributed by atoms with Crippen LogP contribution in [-0.4, -0.2) is 64.1 Å². The second kappa shape index (κ2) is 13.0. The van der Waals surface area contributed by atoms with Gasteiger partial charge in [-0.15, -0.1) is 0 Å². The lowest BCUT2D eigenvalue weighted by molar-refractivity contribution is -0.155. The molecule has 0 saturated heterocycles. The Kier molecular flexibility index (Phi) is 9.84. The molecule has 34 heavy (non-hydrogen) atoms. The molecule has 3 amide bonds. The predicted octanol–water partition coefficient (Wildman–Crippen LogP) is 1.76. The van der Waals surface area contributed by atoms with Crippen LogP contribution in [0.3, 0.4) is 0 Å². The van der Waals surface area contributed by atoms with Crippen molar-refractivity contribution in [3.8, 4) is 0 Å². The molecule has 3 rings (SSSR count). The van der Waals surface area contributed by atoms with E-state index in [9.17, 15) is 19.6 Å². The van der Waals surface area contributed by atoms with E-state index in [0.29, 0.717) is 30.9 Å². The standard InChI is InChI=1S/C24H36N6O4/c1-2-3-4-6-19(16-30(34)17-31)24(33)28-27-21-11-14-29(22(32)15-21)13-10-20-9-8-18-7-5-12-25-23(18)26-20/h8-9,11,14,17,19,21,27,34H,2-7,10,12-13,15-16H2,1H3,(H,25,26)(H,28,33)/t19-,21?/m1/s1. The zero-order valence-electron chi connectivity index (χ0n) is 19.8. The molecule has 10 nitrogen and oxygen atoms in total. The molecule has 2 atom stereocenters. The molecule has 0 aromatic carbocycles. The number of anilines is 1. The summed E-state index contributed by atoms with van der Waals surface area (Å²) in [5.74, 6) is 0.0713. The largest absolute Gasteiger partial charge is 0.370 e. The van der Waals surface area contributed by atoms with Crippen LogP contribution in [0.5, 0.6) is 0 Å². The van der Waals surface area contributed by atoms with Crippen molar-refractivity contribution in [2.75, 3.05) is 25.0 Å². The van der Waals surface area contributed by atoms with Crippen LogP contribution in [0.4, 0.5) is 5.82 Å². The summed E-state index contributed by atoms with van der Waals surface area (Å²) in [6.07, 6.45) is 10.3. The van der Waals surface area contributed by atoms with E-state index in [-0.39, 0.29) is 30.8 Å². The van der Waals surface area contributed by atoms with Crippen LogP contribution in [-0.2, 0) is 27.2 Å². The van der Waals surface area contributed by atoms with Gasteiger partial charge in [0.1, 0.15) is 5.82 Å². The third-order valence-corrected chi connectivity index (χ3v) is 6.21. The second-order valence-corrected chi connectivity index (χ2v) is 8.88. The number of nitrogens with zero attached hydrogens (tertiary/aromatic N) is 3.